The molecule has 1 aliphatic rings. The highest BCUT2D eigenvalue weighted by Gasteiger charge is 2.26. The van der Waals surface area contributed by atoms with Crippen molar-refractivity contribution in [3.8, 4) is 0 Å². The Morgan fingerprint density at radius 3 is 2.54 bits per heavy atom. The zero-order chi connectivity index (χ0) is 19.6. The maximum Gasteiger partial charge on any atom is 0.244 e. The largest absolute Gasteiger partial charge is 0.379 e. The Morgan fingerprint density at radius 1 is 1.04 bits per heavy atom. The molecule has 6 nitrogen and oxygen atoms in total. The quantitative estimate of drug-likeness (QED) is 0.714. The van der Waals surface area contributed by atoms with Crippen LogP contribution in [-0.4, -0.2) is 44.0 Å². The first-order valence-corrected chi connectivity index (χ1v) is 10.8. The maximum atomic E-state index is 12.7. The van der Waals surface area contributed by atoms with Crippen molar-refractivity contribution in [2.24, 2.45) is 0 Å². The van der Waals surface area contributed by atoms with Crippen molar-refractivity contribution in [2.45, 2.75) is 17.9 Å². The Hall–Kier alpha value is -2.48. The smallest absolute Gasteiger partial charge is 0.244 e. The average Bonchev–Trinajstić information content (AvgIpc) is 2.74. The summed E-state index contributed by atoms with van der Waals surface area (Å²) in [6.45, 7) is 3.67. The first-order chi connectivity index (χ1) is 13.6. The summed E-state index contributed by atoms with van der Waals surface area (Å²) in [6, 6.07) is 17.8. The zero-order valence-corrected chi connectivity index (χ0v) is 16.5. The van der Waals surface area contributed by atoms with Crippen LogP contribution in [0.2, 0.25) is 0 Å². The van der Waals surface area contributed by atoms with Gasteiger partial charge in [-0.25, -0.2) is 13.4 Å². The first-order valence-electron chi connectivity index (χ1n) is 9.34. The van der Waals surface area contributed by atoms with Crippen LogP contribution in [-0.2, 0) is 14.8 Å². The van der Waals surface area contributed by atoms with Crippen molar-refractivity contribution in [3.05, 3.63) is 66.4 Å². The standard InChI is InChI=1S/C21H23N3O3S/c1-16(19-8-4-6-17-5-2-3-7-20(17)19)23-21-10-9-18(15-22-21)28(25,26)24-11-13-27-14-12-24/h2-10,15-16H,11-14H2,1H3,(H,22,23)/t16-/m1/s1. The van der Waals surface area contributed by atoms with E-state index in [4.69, 9.17) is 4.74 Å². The third kappa shape index (κ3) is 3.73. The molecule has 7 heteroatoms. The van der Waals surface area contributed by atoms with Crippen molar-refractivity contribution in [1.82, 2.24) is 9.29 Å². The van der Waals surface area contributed by atoms with E-state index < -0.39 is 10.0 Å². The molecule has 4 rings (SSSR count). The number of hydrogen-bond acceptors (Lipinski definition) is 5. The number of sulfonamides is 1. The molecule has 0 saturated carbocycles. The van der Waals surface area contributed by atoms with E-state index in [2.05, 4.69) is 41.5 Å². The molecule has 0 radical (unpaired) electrons. The average molecular weight is 398 g/mol. The molecular formula is C21H23N3O3S. The van der Waals surface area contributed by atoms with Crippen LogP contribution in [0.5, 0.6) is 0 Å². The minimum Gasteiger partial charge on any atom is -0.379 e. The van der Waals surface area contributed by atoms with E-state index in [-0.39, 0.29) is 10.9 Å². The summed E-state index contributed by atoms with van der Waals surface area (Å²) in [5.41, 5.74) is 1.17. The highest BCUT2D eigenvalue weighted by Crippen LogP contribution is 2.26. The van der Waals surface area contributed by atoms with E-state index in [1.54, 1.807) is 12.1 Å². The summed E-state index contributed by atoms with van der Waals surface area (Å²) < 4.78 is 32.1. The van der Waals surface area contributed by atoms with E-state index in [1.165, 1.54) is 26.8 Å². The third-order valence-electron chi connectivity index (χ3n) is 5.00. The third-order valence-corrected chi connectivity index (χ3v) is 6.88. The lowest BCUT2D eigenvalue weighted by atomic mass is 10.00. The first kappa shape index (κ1) is 18.9. The Kier molecular flexibility index (Phi) is 5.30. The molecule has 0 amide bonds. The number of pyridine rings is 1. The second-order valence-electron chi connectivity index (χ2n) is 6.83. The van der Waals surface area contributed by atoms with Crippen molar-refractivity contribution in [3.63, 3.8) is 0 Å². The summed E-state index contributed by atoms with van der Waals surface area (Å²) in [5.74, 6) is 0.640. The Balaban J connectivity index is 1.53. The molecule has 1 aromatic heterocycles. The van der Waals surface area contributed by atoms with Crippen LogP contribution in [0.25, 0.3) is 10.8 Å². The Bertz CT molecular complexity index is 1060. The minimum absolute atomic E-state index is 0.0281. The normalized spacial score (nSPS) is 16.8. The molecular weight excluding hydrogens is 374 g/mol. The predicted molar refractivity (Wildman–Crippen MR) is 110 cm³/mol. The topological polar surface area (TPSA) is 71.5 Å². The van der Waals surface area contributed by atoms with Crippen molar-refractivity contribution < 1.29 is 13.2 Å². The highest BCUT2D eigenvalue weighted by atomic mass is 32.2. The molecule has 2 aromatic carbocycles. The lowest BCUT2D eigenvalue weighted by Gasteiger charge is -2.26. The Morgan fingerprint density at radius 2 is 1.79 bits per heavy atom. The van der Waals surface area contributed by atoms with Crippen molar-refractivity contribution in [2.75, 3.05) is 31.6 Å². The van der Waals surface area contributed by atoms with Gasteiger partial charge in [0.25, 0.3) is 0 Å². The van der Waals surface area contributed by atoms with Crippen LogP contribution in [0.1, 0.15) is 18.5 Å². The molecule has 28 heavy (non-hydrogen) atoms. The van der Waals surface area contributed by atoms with Gasteiger partial charge in [0.2, 0.25) is 10.0 Å². The van der Waals surface area contributed by atoms with Gasteiger partial charge in [0.15, 0.2) is 0 Å². The molecule has 1 N–H and O–H groups in total. The molecule has 3 aromatic rings. The van der Waals surface area contributed by atoms with E-state index >= 15 is 0 Å². The summed E-state index contributed by atoms with van der Waals surface area (Å²) >= 11 is 0. The summed E-state index contributed by atoms with van der Waals surface area (Å²) in [7, 11) is -3.53. The monoisotopic (exact) mass is 397 g/mol. The molecule has 146 valence electrons. The molecule has 0 spiro atoms. The molecule has 1 fully saturated rings. The number of ether oxygens (including phenoxy) is 1. The van der Waals surface area contributed by atoms with E-state index in [1.807, 2.05) is 18.2 Å². The van der Waals surface area contributed by atoms with Crippen LogP contribution >= 0.6 is 0 Å². The number of nitrogens with one attached hydrogen (secondary N) is 1. The van der Waals surface area contributed by atoms with Crippen LogP contribution in [0.3, 0.4) is 0 Å². The van der Waals surface area contributed by atoms with Gasteiger partial charge < -0.3 is 10.1 Å². The van der Waals surface area contributed by atoms with Crippen LogP contribution in [0, 0.1) is 0 Å². The van der Waals surface area contributed by atoms with Gasteiger partial charge in [-0.05, 0) is 35.4 Å². The molecule has 0 unspecified atom stereocenters. The van der Waals surface area contributed by atoms with E-state index in [0.29, 0.717) is 32.1 Å². The summed E-state index contributed by atoms with van der Waals surface area (Å²) in [4.78, 5) is 4.54. The van der Waals surface area contributed by atoms with Gasteiger partial charge in [0, 0.05) is 19.3 Å². The number of fused-ring (bicyclic) bond motifs is 1. The molecule has 1 saturated heterocycles. The maximum absolute atomic E-state index is 12.7. The van der Waals surface area contributed by atoms with Gasteiger partial charge in [-0.2, -0.15) is 4.31 Å². The second-order valence-corrected chi connectivity index (χ2v) is 8.77. The fraction of sp³-hybridized carbons (Fsp3) is 0.286. The van der Waals surface area contributed by atoms with E-state index in [0.717, 1.165) is 0 Å². The molecule has 2 heterocycles. The lowest BCUT2D eigenvalue weighted by Crippen LogP contribution is -2.40. The van der Waals surface area contributed by atoms with Gasteiger partial charge in [-0.1, -0.05) is 42.5 Å². The number of benzene rings is 2. The van der Waals surface area contributed by atoms with E-state index in [9.17, 15) is 8.42 Å². The summed E-state index contributed by atoms with van der Waals surface area (Å²) in [6.07, 6.45) is 1.42. The number of morpholine rings is 1. The second kappa shape index (κ2) is 7.87. The zero-order valence-electron chi connectivity index (χ0n) is 15.7. The molecule has 1 aliphatic heterocycles. The van der Waals surface area contributed by atoms with Crippen molar-refractivity contribution in [1.29, 1.82) is 0 Å². The number of hydrogen-bond donors (Lipinski definition) is 1. The lowest BCUT2D eigenvalue weighted by molar-refractivity contribution is 0.0730. The van der Waals surface area contributed by atoms with Gasteiger partial charge in [0.1, 0.15) is 10.7 Å². The molecule has 0 bridgehead atoms. The Labute approximate surface area is 165 Å². The predicted octanol–water partition coefficient (Wildman–Crippen LogP) is 3.43. The number of anilines is 1. The van der Waals surface area contributed by atoms with Gasteiger partial charge in [-0.15, -0.1) is 0 Å². The fourth-order valence-electron chi connectivity index (χ4n) is 3.48. The molecule has 0 aliphatic carbocycles. The number of rotatable bonds is 5. The van der Waals surface area contributed by atoms with Crippen LogP contribution < -0.4 is 5.32 Å². The van der Waals surface area contributed by atoms with Gasteiger partial charge in [-0.3, -0.25) is 0 Å². The van der Waals surface area contributed by atoms with Crippen molar-refractivity contribution >= 4 is 26.6 Å². The van der Waals surface area contributed by atoms with Gasteiger partial charge >= 0.3 is 0 Å². The number of nitrogens with zero attached hydrogens (tertiary/aromatic N) is 2. The molecule has 1 atom stereocenters. The summed E-state index contributed by atoms with van der Waals surface area (Å²) in [5, 5.41) is 5.75. The van der Waals surface area contributed by atoms with Crippen LogP contribution in [0.4, 0.5) is 5.82 Å². The van der Waals surface area contributed by atoms with Gasteiger partial charge in [0.05, 0.1) is 19.3 Å². The minimum atomic E-state index is -3.53. The number of aromatic nitrogens is 1. The highest BCUT2D eigenvalue weighted by molar-refractivity contribution is 7.89. The fourth-order valence-corrected chi connectivity index (χ4v) is 4.84. The SMILES string of the molecule is C[C@@H](Nc1ccc(S(=O)(=O)N2CCOCC2)cn1)c1cccc2ccccc12. The van der Waals surface area contributed by atoms with Crippen LogP contribution in [0.15, 0.2) is 65.7 Å².